The molecule has 0 amide bonds. The van der Waals surface area contributed by atoms with Crippen molar-refractivity contribution in [2.45, 2.75) is 6.18 Å². The summed E-state index contributed by atoms with van der Waals surface area (Å²) in [4.78, 5) is 4.13. The maximum Gasteiger partial charge on any atom is 0.418 e. The van der Waals surface area contributed by atoms with Crippen molar-refractivity contribution < 1.29 is 18.3 Å². The number of benzene rings is 3. The predicted octanol–water partition coefficient (Wildman–Crippen LogP) is 6.95. The van der Waals surface area contributed by atoms with E-state index in [0.717, 1.165) is 6.07 Å². The van der Waals surface area contributed by atoms with Gasteiger partial charge < -0.3 is 5.11 Å². The Morgan fingerprint density at radius 3 is 2.32 bits per heavy atom. The summed E-state index contributed by atoms with van der Waals surface area (Å²) in [5, 5.41) is 10.7. The van der Waals surface area contributed by atoms with Crippen LogP contribution in [0.15, 0.2) is 72.9 Å². The standard InChI is InChI=1S/C22H13ClF3NO/c23-19-10-2-1-7-15(19)17-12-27-21-16(8-4-9-18(21)22(24,25)26)20(17)13-5-3-6-14(28)11-13/h1-12,28H. The SMILES string of the molecule is Oc1cccc(-c2c(-c3ccccc3Cl)cnc3c(C(F)(F)F)cccc23)c1. The highest BCUT2D eigenvalue weighted by Gasteiger charge is 2.33. The Hall–Kier alpha value is -3.05. The Labute approximate surface area is 163 Å². The molecule has 0 aliphatic carbocycles. The lowest BCUT2D eigenvalue weighted by Crippen LogP contribution is -2.07. The van der Waals surface area contributed by atoms with Gasteiger partial charge in [0.1, 0.15) is 5.75 Å². The first-order chi connectivity index (χ1) is 13.4. The molecule has 0 bridgehead atoms. The van der Waals surface area contributed by atoms with E-state index in [0.29, 0.717) is 32.7 Å². The van der Waals surface area contributed by atoms with Crippen molar-refractivity contribution in [2.75, 3.05) is 0 Å². The van der Waals surface area contributed by atoms with Gasteiger partial charge in [-0.15, -0.1) is 0 Å². The van der Waals surface area contributed by atoms with Gasteiger partial charge in [-0.1, -0.05) is 54.1 Å². The van der Waals surface area contributed by atoms with Crippen molar-refractivity contribution in [3.8, 4) is 28.0 Å². The number of aromatic hydroxyl groups is 1. The van der Waals surface area contributed by atoms with Crippen molar-refractivity contribution in [3.63, 3.8) is 0 Å². The quantitative estimate of drug-likeness (QED) is 0.395. The number of alkyl halides is 3. The minimum absolute atomic E-state index is 0.0135. The molecule has 0 unspecified atom stereocenters. The highest BCUT2D eigenvalue weighted by molar-refractivity contribution is 6.33. The molecule has 6 heteroatoms. The van der Waals surface area contributed by atoms with Gasteiger partial charge >= 0.3 is 6.18 Å². The lowest BCUT2D eigenvalue weighted by Gasteiger charge is -2.17. The number of fused-ring (bicyclic) bond motifs is 1. The van der Waals surface area contributed by atoms with Gasteiger partial charge in [-0.25, -0.2) is 0 Å². The molecule has 0 saturated carbocycles. The first-order valence-electron chi connectivity index (χ1n) is 8.39. The molecule has 0 atom stereocenters. The molecule has 28 heavy (non-hydrogen) atoms. The number of aromatic nitrogens is 1. The average molecular weight is 400 g/mol. The third-order valence-corrected chi connectivity index (χ3v) is 4.83. The molecule has 1 heterocycles. The molecule has 0 aliphatic rings. The number of nitrogens with zero attached hydrogens (tertiary/aromatic N) is 1. The summed E-state index contributed by atoms with van der Waals surface area (Å²) in [5.74, 6) is 0.0135. The second-order valence-corrected chi connectivity index (χ2v) is 6.68. The van der Waals surface area contributed by atoms with E-state index in [1.54, 1.807) is 42.5 Å². The van der Waals surface area contributed by atoms with Crippen LogP contribution >= 0.6 is 11.6 Å². The fourth-order valence-corrected chi connectivity index (χ4v) is 3.55. The molecule has 0 spiro atoms. The lowest BCUT2D eigenvalue weighted by molar-refractivity contribution is -0.136. The summed E-state index contributed by atoms with van der Waals surface area (Å²) in [5.41, 5.74) is 1.38. The maximum absolute atomic E-state index is 13.5. The van der Waals surface area contributed by atoms with Crippen molar-refractivity contribution in [1.29, 1.82) is 0 Å². The highest BCUT2D eigenvalue weighted by Crippen LogP contribution is 2.43. The van der Waals surface area contributed by atoms with Crippen LogP contribution in [0, 0.1) is 0 Å². The van der Waals surface area contributed by atoms with Crippen LogP contribution in [0.25, 0.3) is 33.2 Å². The third kappa shape index (κ3) is 3.18. The molecule has 1 N–H and O–H groups in total. The van der Waals surface area contributed by atoms with E-state index >= 15 is 0 Å². The van der Waals surface area contributed by atoms with Gasteiger partial charge in [-0.05, 0) is 29.8 Å². The van der Waals surface area contributed by atoms with Gasteiger partial charge in [0.2, 0.25) is 0 Å². The van der Waals surface area contributed by atoms with E-state index in [-0.39, 0.29) is 11.3 Å². The molecule has 3 aromatic carbocycles. The smallest absolute Gasteiger partial charge is 0.418 e. The molecule has 4 aromatic rings. The number of hydrogen-bond acceptors (Lipinski definition) is 2. The number of pyridine rings is 1. The molecule has 0 radical (unpaired) electrons. The molecular weight excluding hydrogens is 387 g/mol. The van der Waals surface area contributed by atoms with E-state index in [4.69, 9.17) is 11.6 Å². The van der Waals surface area contributed by atoms with Gasteiger partial charge in [0, 0.05) is 33.3 Å². The molecule has 0 fully saturated rings. The van der Waals surface area contributed by atoms with Gasteiger partial charge in [0.15, 0.2) is 0 Å². The Kier molecular flexibility index (Phi) is 4.47. The molecular formula is C22H13ClF3NO. The van der Waals surface area contributed by atoms with Crippen LogP contribution in [0.1, 0.15) is 5.56 Å². The first-order valence-corrected chi connectivity index (χ1v) is 8.77. The van der Waals surface area contributed by atoms with Crippen molar-refractivity contribution in [1.82, 2.24) is 4.98 Å². The molecule has 4 rings (SSSR count). The van der Waals surface area contributed by atoms with E-state index in [9.17, 15) is 18.3 Å². The molecule has 140 valence electrons. The van der Waals surface area contributed by atoms with E-state index in [1.807, 2.05) is 0 Å². The van der Waals surface area contributed by atoms with Gasteiger partial charge in [0.25, 0.3) is 0 Å². The fourth-order valence-electron chi connectivity index (χ4n) is 3.31. The van der Waals surface area contributed by atoms with E-state index < -0.39 is 11.7 Å². The van der Waals surface area contributed by atoms with Crippen LogP contribution in [0.4, 0.5) is 13.2 Å². The Bertz CT molecular complexity index is 1190. The Morgan fingerprint density at radius 1 is 0.857 bits per heavy atom. The first kappa shape index (κ1) is 18.3. The summed E-state index contributed by atoms with van der Waals surface area (Å²) < 4.78 is 40.5. The van der Waals surface area contributed by atoms with Crippen molar-refractivity contribution in [3.05, 3.63) is 83.5 Å². The van der Waals surface area contributed by atoms with E-state index in [1.165, 1.54) is 24.4 Å². The predicted molar refractivity (Wildman–Crippen MR) is 104 cm³/mol. The second-order valence-electron chi connectivity index (χ2n) is 6.28. The summed E-state index contributed by atoms with van der Waals surface area (Å²) in [6.45, 7) is 0. The largest absolute Gasteiger partial charge is 0.508 e. The Morgan fingerprint density at radius 2 is 1.61 bits per heavy atom. The van der Waals surface area contributed by atoms with Crippen LogP contribution in [-0.4, -0.2) is 10.1 Å². The number of phenols is 1. The zero-order valence-corrected chi connectivity index (χ0v) is 15.1. The average Bonchev–Trinajstić information content (AvgIpc) is 2.66. The number of rotatable bonds is 2. The Balaban J connectivity index is 2.14. The van der Waals surface area contributed by atoms with Crippen LogP contribution in [0.5, 0.6) is 5.75 Å². The molecule has 0 aliphatic heterocycles. The van der Waals surface area contributed by atoms with E-state index in [2.05, 4.69) is 4.98 Å². The number of hydrogen-bond donors (Lipinski definition) is 1. The summed E-state index contributed by atoms with van der Waals surface area (Å²) in [7, 11) is 0. The van der Waals surface area contributed by atoms with Crippen LogP contribution in [0.3, 0.4) is 0 Å². The van der Waals surface area contributed by atoms with Crippen molar-refractivity contribution in [2.24, 2.45) is 0 Å². The van der Waals surface area contributed by atoms with Gasteiger partial charge in [-0.3, -0.25) is 4.98 Å². The van der Waals surface area contributed by atoms with Gasteiger partial charge in [-0.2, -0.15) is 13.2 Å². The second kappa shape index (κ2) is 6.84. The summed E-state index contributed by atoms with van der Waals surface area (Å²) in [6, 6.07) is 17.4. The molecule has 2 nitrogen and oxygen atoms in total. The lowest BCUT2D eigenvalue weighted by atomic mass is 9.91. The minimum atomic E-state index is -4.53. The topological polar surface area (TPSA) is 33.1 Å². The summed E-state index contributed by atoms with van der Waals surface area (Å²) in [6.07, 6.45) is -3.13. The third-order valence-electron chi connectivity index (χ3n) is 4.50. The molecule has 1 aromatic heterocycles. The highest BCUT2D eigenvalue weighted by atomic mass is 35.5. The number of para-hydroxylation sites is 1. The zero-order valence-electron chi connectivity index (χ0n) is 14.3. The van der Waals surface area contributed by atoms with Crippen molar-refractivity contribution >= 4 is 22.5 Å². The van der Waals surface area contributed by atoms with Crippen LogP contribution < -0.4 is 0 Å². The van der Waals surface area contributed by atoms with Gasteiger partial charge in [0.05, 0.1) is 11.1 Å². The van der Waals surface area contributed by atoms with Crippen LogP contribution in [-0.2, 0) is 6.18 Å². The normalized spacial score (nSPS) is 11.7. The minimum Gasteiger partial charge on any atom is -0.508 e. The number of halogens is 4. The fraction of sp³-hybridized carbons (Fsp3) is 0.0455. The maximum atomic E-state index is 13.5. The number of phenolic OH excluding ortho intramolecular Hbond substituents is 1. The van der Waals surface area contributed by atoms with Crippen LogP contribution in [0.2, 0.25) is 5.02 Å². The zero-order chi connectivity index (χ0) is 19.9. The molecule has 0 saturated heterocycles. The monoisotopic (exact) mass is 399 g/mol. The summed E-state index contributed by atoms with van der Waals surface area (Å²) >= 11 is 6.35.